The Labute approximate surface area is 143 Å². The number of halogens is 1. The van der Waals surface area contributed by atoms with Gasteiger partial charge in [-0.1, -0.05) is 0 Å². The fraction of sp³-hybridized carbons (Fsp3) is 0. The molecule has 0 aliphatic carbocycles. The number of aromatic nitrogens is 3. The Balaban J connectivity index is 2.26. The second kappa shape index (κ2) is 4.58. The van der Waals surface area contributed by atoms with Gasteiger partial charge in [-0.15, -0.1) is 0 Å². The molecule has 0 unspecified atom stereocenters. The topological polar surface area (TPSA) is 82.5 Å². The standard InChI is InChI=1S/C18H9BrN4O/c19-14-10(20)3-4-11-12(14)8-5-7-22-16-13(8)17(23-11)18(24)9-2-1-6-21-15(9)16/h1-7,20-21H. The monoisotopic (exact) mass is 376 g/mol. The zero-order chi connectivity index (χ0) is 16.4. The highest BCUT2D eigenvalue weighted by atomic mass is 79.9. The number of nitrogens with one attached hydrogen (secondary N) is 2. The summed E-state index contributed by atoms with van der Waals surface area (Å²) < 4.78 is 0.673. The number of fused-ring (bicyclic) bond motifs is 4. The van der Waals surface area contributed by atoms with Crippen LogP contribution in [0.5, 0.6) is 0 Å². The predicted molar refractivity (Wildman–Crippen MR) is 97.4 cm³/mol. The molecule has 0 saturated heterocycles. The van der Waals surface area contributed by atoms with Crippen LogP contribution in [0, 0.1) is 5.41 Å². The minimum Gasteiger partial charge on any atom is -0.359 e. The van der Waals surface area contributed by atoms with E-state index in [1.54, 1.807) is 36.7 Å². The van der Waals surface area contributed by atoms with Crippen LogP contribution in [-0.2, 0) is 0 Å². The molecule has 24 heavy (non-hydrogen) atoms. The molecule has 5 rings (SSSR count). The number of H-pyrrole nitrogens is 1. The summed E-state index contributed by atoms with van der Waals surface area (Å²) in [4.78, 5) is 25.2. The number of hydrogen-bond donors (Lipinski definition) is 2. The summed E-state index contributed by atoms with van der Waals surface area (Å²) in [5.74, 6) is 0. The molecule has 0 radical (unpaired) electrons. The number of pyridine rings is 3. The molecular formula is C18H9BrN4O. The number of rotatable bonds is 0. The van der Waals surface area contributed by atoms with Crippen molar-refractivity contribution in [3.05, 3.63) is 62.8 Å². The Morgan fingerprint density at radius 3 is 2.79 bits per heavy atom. The van der Waals surface area contributed by atoms with Crippen molar-refractivity contribution >= 4 is 59.5 Å². The third-order valence-electron chi connectivity index (χ3n) is 4.36. The molecule has 0 aliphatic rings. The minimum absolute atomic E-state index is 0.111. The Kier molecular flexibility index (Phi) is 2.59. The first-order chi connectivity index (χ1) is 11.7. The van der Waals surface area contributed by atoms with Crippen molar-refractivity contribution in [2.24, 2.45) is 0 Å². The molecule has 5 aromatic rings. The maximum absolute atomic E-state index is 12.9. The van der Waals surface area contributed by atoms with E-state index in [1.807, 2.05) is 6.07 Å². The van der Waals surface area contributed by atoms with Gasteiger partial charge in [0.25, 0.3) is 0 Å². The first kappa shape index (κ1) is 13.6. The van der Waals surface area contributed by atoms with Crippen LogP contribution in [0.15, 0.2) is 52.0 Å². The molecule has 2 aromatic carbocycles. The van der Waals surface area contributed by atoms with Crippen molar-refractivity contribution in [3.63, 3.8) is 0 Å². The van der Waals surface area contributed by atoms with E-state index < -0.39 is 0 Å². The second-order valence-electron chi connectivity index (χ2n) is 5.65. The van der Waals surface area contributed by atoms with E-state index >= 15 is 0 Å². The third kappa shape index (κ3) is 1.58. The van der Waals surface area contributed by atoms with Crippen LogP contribution in [0.4, 0.5) is 0 Å². The van der Waals surface area contributed by atoms with Crippen molar-refractivity contribution in [3.8, 4) is 0 Å². The van der Waals surface area contributed by atoms with E-state index in [-0.39, 0.29) is 5.43 Å². The zero-order valence-corrected chi connectivity index (χ0v) is 13.8. The minimum atomic E-state index is -0.111. The number of nitrogens with zero attached hydrogens (tertiary/aromatic N) is 2. The van der Waals surface area contributed by atoms with Crippen molar-refractivity contribution in [2.45, 2.75) is 0 Å². The lowest BCUT2D eigenvalue weighted by molar-refractivity contribution is 1.26. The van der Waals surface area contributed by atoms with Crippen LogP contribution in [-0.4, -0.2) is 15.0 Å². The molecule has 3 heterocycles. The van der Waals surface area contributed by atoms with Gasteiger partial charge in [0.1, 0.15) is 5.52 Å². The summed E-state index contributed by atoms with van der Waals surface area (Å²) in [5.41, 5.74) is 2.42. The highest BCUT2D eigenvalue weighted by Gasteiger charge is 2.17. The molecule has 0 amide bonds. The van der Waals surface area contributed by atoms with E-state index in [0.29, 0.717) is 31.8 Å². The Morgan fingerprint density at radius 2 is 1.92 bits per heavy atom. The average Bonchev–Trinajstić information content (AvgIpc) is 2.62. The lowest BCUT2D eigenvalue weighted by atomic mass is 10.0. The zero-order valence-electron chi connectivity index (χ0n) is 12.2. The van der Waals surface area contributed by atoms with Crippen LogP contribution < -0.4 is 10.8 Å². The Morgan fingerprint density at radius 1 is 1.04 bits per heavy atom. The highest BCUT2D eigenvalue weighted by Crippen LogP contribution is 2.33. The summed E-state index contributed by atoms with van der Waals surface area (Å²) in [5, 5.41) is 11.4. The first-order valence-electron chi connectivity index (χ1n) is 7.35. The smallest absolute Gasteiger partial charge is 0.214 e. The number of benzene rings is 2. The lowest BCUT2D eigenvalue weighted by Gasteiger charge is -2.11. The number of aromatic amines is 1. The van der Waals surface area contributed by atoms with E-state index in [2.05, 4.69) is 30.9 Å². The van der Waals surface area contributed by atoms with E-state index in [1.165, 1.54) is 0 Å². The second-order valence-corrected chi connectivity index (χ2v) is 6.44. The van der Waals surface area contributed by atoms with Crippen molar-refractivity contribution in [1.29, 1.82) is 5.41 Å². The predicted octanol–water partition coefficient (Wildman–Crippen LogP) is 3.46. The van der Waals surface area contributed by atoms with Crippen LogP contribution in [0.1, 0.15) is 0 Å². The molecular weight excluding hydrogens is 368 g/mol. The van der Waals surface area contributed by atoms with Crippen molar-refractivity contribution in [2.75, 3.05) is 0 Å². The Bertz CT molecular complexity index is 1410. The quantitative estimate of drug-likeness (QED) is 0.320. The van der Waals surface area contributed by atoms with Gasteiger partial charge in [0, 0.05) is 28.6 Å². The van der Waals surface area contributed by atoms with Crippen LogP contribution >= 0.6 is 15.9 Å². The average molecular weight is 377 g/mol. The van der Waals surface area contributed by atoms with Crippen LogP contribution in [0.25, 0.3) is 43.6 Å². The lowest BCUT2D eigenvalue weighted by Crippen LogP contribution is -2.08. The molecule has 0 saturated carbocycles. The van der Waals surface area contributed by atoms with Crippen molar-refractivity contribution in [1.82, 2.24) is 15.0 Å². The number of hydrogen-bond acceptors (Lipinski definition) is 4. The van der Waals surface area contributed by atoms with Gasteiger partial charge in [0.2, 0.25) is 5.43 Å². The van der Waals surface area contributed by atoms with E-state index in [4.69, 9.17) is 5.41 Å². The summed E-state index contributed by atoms with van der Waals surface area (Å²) in [6.45, 7) is 0. The molecule has 0 atom stereocenters. The summed E-state index contributed by atoms with van der Waals surface area (Å²) in [6, 6.07) is 8.91. The van der Waals surface area contributed by atoms with Gasteiger partial charge in [0.05, 0.1) is 26.4 Å². The normalized spacial score (nSPS) is 11.9. The fourth-order valence-electron chi connectivity index (χ4n) is 3.30. The van der Waals surface area contributed by atoms with Gasteiger partial charge in [0.15, 0.2) is 0 Å². The van der Waals surface area contributed by atoms with Gasteiger partial charge < -0.3 is 4.98 Å². The molecule has 0 fully saturated rings. The van der Waals surface area contributed by atoms with Gasteiger partial charge in [-0.3, -0.25) is 15.2 Å². The molecule has 0 spiro atoms. The molecule has 0 bridgehead atoms. The molecule has 2 N–H and O–H groups in total. The SMILES string of the molecule is N=c1ccc2nc3c(=O)c4ccc[nH]c4c4nccc(c2c1Br)c34. The van der Waals surface area contributed by atoms with Crippen molar-refractivity contribution < 1.29 is 0 Å². The molecule has 0 aliphatic heterocycles. The summed E-state index contributed by atoms with van der Waals surface area (Å²) in [6.07, 6.45) is 3.51. The highest BCUT2D eigenvalue weighted by molar-refractivity contribution is 9.10. The van der Waals surface area contributed by atoms with Gasteiger partial charge in [-0.05, 0) is 51.6 Å². The third-order valence-corrected chi connectivity index (χ3v) is 5.19. The maximum atomic E-state index is 12.9. The largest absolute Gasteiger partial charge is 0.359 e. The molecule has 5 nitrogen and oxygen atoms in total. The van der Waals surface area contributed by atoms with E-state index in [9.17, 15) is 4.79 Å². The summed E-state index contributed by atoms with van der Waals surface area (Å²) in [7, 11) is 0. The molecule has 114 valence electrons. The van der Waals surface area contributed by atoms with Crippen LogP contribution in [0.2, 0.25) is 0 Å². The molecule has 3 aromatic heterocycles. The van der Waals surface area contributed by atoms with Crippen LogP contribution in [0.3, 0.4) is 0 Å². The molecule has 6 heteroatoms. The van der Waals surface area contributed by atoms with Gasteiger partial charge >= 0.3 is 0 Å². The Hall–Kier alpha value is -2.86. The summed E-state index contributed by atoms with van der Waals surface area (Å²) >= 11 is 3.50. The van der Waals surface area contributed by atoms with Gasteiger partial charge in [-0.2, -0.15) is 0 Å². The first-order valence-corrected chi connectivity index (χ1v) is 8.14. The van der Waals surface area contributed by atoms with E-state index in [0.717, 1.165) is 21.7 Å². The maximum Gasteiger partial charge on any atom is 0.214 e. The van der Waals surface area contributed by atoms with Gasteiger partial charge in [-0.25, -0.2) is 4.98 Å². The fourth-order valence-corrected chi connectivity index (χ4v) is 3.85.